The number of nitrogens with one attached hydrogen (secondary N) is 1. The average Bonchev–Trinajstić information content (AvgIpc) is 3.49. The van der Waals surface area contributed by atoms with E-state index in [2.05, 4.69) is 15.2 Å². The summed E-state index contributed by atoms with van der Waals surface area (Å²) in [5.74, 6) is 1.23. The molecule has 0 unspecified atom stereocenters. The molecule has 0 bridgehead atoms. The minimum Gasteiger partial charge on any atom is -0.495 e. The van der Waals surface area contributed by atoms with Crippen molar-refractivity contribution in [2.24, 2.45) is 0 Å². The van der Waals surface area contributed by atoms with Crippen LogP contribution in [-0.2, 0) is 6.61 Å². The van der Waals surface area contributed by atoms with Crippen LogP contribution >= 0.6 is 11.6 Å². The highest BCUT2D eigenvalue weighted by atomic mass is 35.5. The van der Waals surface area contributed by atoms with Crippen molar-refractivity contribution in [2.75, 3.05) is 18.6 Å². The van der Waals surface area contributed by atoms with Crippen molar-refractivity contribution in [1.82, 2.24) is 15.3 Å². The van der Waals surface area contributed by atoms with Gasteiger partial charge in [-0.05, 0) is 69.1 Å². The highest BCUT2D eigenvalue weighted by Crippen LogP contribution is 2.50. The number of rotatable bonds is 7. The van der Waals surface area contributed by atoms with Gasteiger partial charge in [0.15, 0.2) is 0 Å². The van der Waals surface area contributed by atoms with Gasteiger partial charge in [0.1, 0.15) is 17.9 Å². The van der Waals surface area contributed by atoms with Crippen LogP contribution in [0.1, 0.15) is 67.3 Å². The van der Waals surface area contributed by atoms with E-state index in [1.165, 1.54) is 0 Å². The number of halogens is 1. The van der Waals surface area contributed by atoms with Gasteiger partial charge in [-0.15, -0.1) is 0 Å². The zero-order valence-corrected chi connectivity index (χ0v) is 20.2. The molecule has 3 aliphatic rings. The van der Waals surface area contributed by atoms with Crippen molar-refractivity contribution in [1.29, 1.82) is 0 Å². The van der Waals surface area contributed by atoms with Gasteiger partial charge in [0.05, 0.1) is 18.2 Å². The Morgan fingerprint density at radius 1 is 1.26 bits per heavy atom. The molecule has 0 radical (unpaired) electrons. The lowest BCUT2D eigenvalue weighted by atomic mass is 9.93. The van der Waals surface area contributed by atoms with Crippen molar-refractivity contribution in [2.45, 2.75) is 75.7 Å². The Bertz CT molecular complexity index is 1050. The minimum atomic E-state index is -0.277. The molecular formula is C25H31ClN4O4. The standard InChI is InChI=1S/C25H31ClN4O4/c1-33-21-8-3-16(13-20(21)26)15-34-23-19(22(32)28-17-4-6-18(31)7-5-17)14-27-24(29-23)30-12-2-9-25(30)10-11-25/h3,8,13-14,17-18,31H,2,4-7,9-12,15H2,1H3,(H,28,32)/t17-,18-. The fraction of sp³-hybridized carbons (Fsp3) is 0.560. The van der Waals surface area contributed by atoms with Gasteiger partial charge in [0.2, 0.25) is 11.8 Å². The molecule has 2 aromatic rings. The smallest absolute Gasteiger partial charge is 0.258 e. The van der Waals surface area contributed by atoms with E-state index in [-0.39, 0.29) is 36.1 Å². The van der Waals surface area contributed by atoms with Gasteiger partial charge >= 0.3 is 0 Å². The summed E-state index contributed by atoms with van der Waals surface area (Å²) in [4.78, 5) is 24.7. The number of hydrogen-bond acceptors (Lipinski definition) is 7. The summed E-state index contributed by atoms with van der Waals surface area (Å²) in [5, 5.41) is 13.3. The van der Waals surface area contributed by atoms with Crippen LogP contribution in [0.2, 0.25) is 5.02 Å². The van der Waals surface area contributed by atoms with Crippen LogP contribution in [0.4, 0.5) is 5.95 Å². The summed E-state index contributed by atoms with van der Waals surface area (Å²) in [6.07, 6.45) is 8.80. The van der Waals surface area contributed by atoms with E-state index in [4.69, 9.17) is 26.1 Å². The third-order valence-electron chi connectivity index (χ3n) is 7.27. The Morgan fingerprint density at radius 3 is 2.76 bits per heavy atom. The van der Waals surface area contributed by atoms with E-state index in [1.54, 1.807) is 25.4 Å². The van der Waals surface area contributed by atoms with Crippen molar-refractivity contribution in [3.8, 4) is 11.6 Å². The first kappa shape index (κ1) is 23.2. The van der Waals surface area contributed by atoms with Crippen molar-refractivity contribution >= 4 is 23.5 Å². The van der Waals surface area contributed by atoms with Gasteiger partial charge in [-0.2, -0.15) is 4.98 Å². The van der Waals surface area contributed by atoms with E-state index in [0.29, 0.717) is 35.1 Å². The third kappa shape index (κ3) is 4.79. The molecule has 2 saturated carbocycles. The third-order valence-corrected chi connectivity index (χ3v) is 7.57. The summed E-state index contributed by atoms with van der Waals surface area (Å²) in [6.45, 7) is 1.13. The molecule has 1 saturated heterocycles. The molecule has 9 heteroatoms. The van der Waals surface area contributed by atoms with Crippen molar-refractivity contribution < 1.29 is 19.4 Å². The van der Waals surface area contributed by atoms with Gasteiger partial charge in [-0.1, -0.05) is 17.7 Å². The summed E-state index contributed by atoms with van der Waals surface area (Å²) in [5.41, 5.74) is 1.35. The molecule has 0 atom stereocenters. The zero-order chi connectivity index (χ0) is 23.7. The Balaban J connectivity index is 1.37. The summed E-state index contributed by atoms with van der Waals surface area (Å²) in [7, 11) is 1.57. The van der Waals surface area contributed by atoms with Crippen LogP contribution in [0, 0.1) is 0 Å². The molecule has 2 aliphatic carbocycles. The van der Waals surface area contributed by atoms with Gasteiger partial charge in [-0.25, -0.2) is 4.98 Å². The van der Waals surface area contributed by atoms with Crippen LogP contribution in [-0.4, -0.2) is 52.3 Å². The molecule has 1 spiro atoms. The van der Waals surface area contributed by atoms with E-state index < -0.39 is 0 Å². The quantitative estimate of drug-likeness (QED) is 0.612. The maximum atomic E-state index is 13.2. The normalized spacial score (nSPS) is 23.1. The Kier molecular flexibility index (Phi) is 6.53. The average molecular weight is 487 g/mol. The molecule has 1 aliphatic heterocycles. The first-order valence-electron chi connectivity index (χ1n) is 12.1. The number of amides is 1. The predicted octanol–water partition coefficient (Wildman–Crippen LogP) is 3.88. The Morgan fingerprint density at radius 2 is 2.06 bits per heavy atom. The first-order valence-corrected chi connectivity index (χ1v) is 12.4. The fourth-order valence-corrected chi connectivity index (χ4v) is 5.38. The van der Waals surface area contributed by atoms with E-state index in [1.807, 2.05) is 6.07 Å². The van der Waals surface area contributed by atoms with Crippen molar-refractivity contribution in [3.63, 3.8) is 0 Å². The van der Waals surface area contributed by atoms with Crippen molar-refractivity contribution in [3.05, 3.63) is 40.5 Å². The summed E-state index contributed by atoms with van der Waals surface area (Å²) >= 11 is 6.27. The number of aromatic nitrogens is 2. The lowest BCUT2D eigenvalue weighted by Gasteiger charge is -2.27. The van der Waals surface area contributed by atoms with Crippen LogP contribution in [0.25, 0.3) is 0 Å². The van der Waals surface area contributed by atoms with Crippen LogP contribution in [0.3, 0.4) is 0 Å². The molecule has 2 heterocycles. The number of hydrogen-bond donors (Lipinski definition) is 2. The second-order valence-electron chi connectivity index (χ2n) is 9.60. The lowest BCUT2D eigenvalue weighted by Crippen LogP contribution is -2.39. The number of benzene rings is 1. The summed E-state index contributed by atoms with van der Waals surface area (Å²) in [6, 6.07) is 5.48. The SMILES string of the molecule is COc1ccc(COc2nc(N3CCCC34CC4)ncc2C(=O)N[C@H]2CC[C@H](O)CC2)cc1Cl. The van der Waals surface area contributed by atoms with Crippen LogP contribution in [0.5, 0.6) is 11.6 Å². The Labute approximate surface area is 204 Å². The largest absolute Gasteiger partial charge is 0.495 e. The van der Waals surface area contributed by atoms with E-state index in [9.17, 15) is 9.90 Å². The van der Waals surface area contributed by atoms with E-state index in [0.717, 1.165) is 50.6 Å². The molecule has 34 heavy (non-hydrogen) atoms. The second-order valence-corrected chi connectivity index (χ2v) is 10.0. The zero-order valence-electron chi connectivity index (χ0n) is 19.4. The molecule has 1 aromatic carbocycles. The van der Waals surface area contributed by atoms with Gasteiger partial charge in [0, 0.05) is 24.3 Å². The molecule has 1 amide bonds. The monoisotopic (exact) mass is 486 g/mol. The number of aliphatic hydroxyl groups is 1. The van der Waals surface area contributed by atoms with Gasteiger partial charge < -0.3 is 24.8 Å². The fourth-order valence-electron chi connectivity index (χ4n) is 5.10. The molecule has 3 fully saturated rings. The number of nitrogens with zero attached hydrogens (tertiary/aromatic N) is 3. The number of carbonyl (C=O) groups is 1. The maximum absolute atomic E-state index is 13.2. The molecule has 182 valence electrons. The second kappa shape index (κ2) is 9.58. The topological polar surface area (TPSA) is 96.8 Å². The predicted molar refractivity (Wildman–Crippen MR) is 129 cm³/mol. The molecule has 2 N–H and O–H groups in total. The highest BCUT2D eigenvalue weighted by Gasteiger charge is 2.51. The molecule has 5 rings (SSSR count). The summed E-state index contributed by atoms with van der Waals surface area (Å²) < 4.78 is 11.3. The molecule has 8 nitrogen and oxygen atoms in total. The minimum absolute atomic E-state index is 0.0251. The highest BCUT2D eigenvalue weighted by molar-refractivity contribution is 6.32. The van der Waals surface area contributed by atoms with Gasteiger partial charge in [0.25, 0.3) is 5.91 Å². The van der Waals surface area contributed by atoms with E-state index >= 15 is 0 Å². The molecule has 1 aromatic heterocycles. The Hall–Kier alpha value is -2.58. The first-order chi connectivity index (χ1) is 16.5. The maximum Gasteiger partial charge on any atom is 0.258 e. The number of methoxy groups -OCH3 is 1. The number of aliphatic hydroxyl groups excluding tert-OH is 1. The lowest BCUT2D eigenvalue weighted by molar-refractivity contribution is 0.0862. The van der Waals surface area contributed by atoms with Crippen LogP contribution < -0.4 is 19.7 Å². The molecular weight excluding hydrogens is 456 g/mol. The van der Waals surface area contributed by atoms with Gasteiger partial charge in [-0.3, -0.25) is 4.79 Å². The van der Waals surface area contributed by atoms with Crippen LogP contribution in [0.15, 0.2) is 24.4 Å². The number of carbonyl (C=O) groups excluding carboxylic acids is 1. The number of anilines is 1. The number of ether oxygens (including phenoxy) is 2.